The van der Waals surface area contributed by atoms with Crippen molar-refractivity contribution in [3.63, 3.8) is 0 Å². The summed E-state index contributed by atoms with van der Waals surface area (Å²) >= 11 is 0. The maximum atomic E-state index is 10.5. The zero-order valence-electron chi connectivity index (χ0n) is 11.9. The van der Waals surface area contributed by atoms with E-state index in [-0.39, 0.29) is 12.2 Å². The summed E-state index contributed by atoms with van der Waals surface area (Å²) in [5, 5.41) is 8.65. The molecule has 0 spiro atoms. The van der Waals surface area contributed by atoms with Crippen LogP contribution in [0.15, 0.2) is 18.2 Å². The van der Waals surface area contributed by atoms with E-state index in [9.17, 15) is 4.79 Å². The lowest BCUT2D eigenvalue weighted by Crippen LogP contribution is -2.61. The van der Waals surface area contributed by atoms with Crippen LogP contribution in [0.3, 0.4) is 0 Å². The van der Waals surface area contributed by atoms with Gasteiger partial charge in [-0.25, -0.2) is 4.79 Å². The highest BCUT2D eigenvalue weighted by Crippen LogP contribution is 2.28. The quantitative estimate of drug-likeness (QED) is 0.891. The third kappa shape index (κ3) is 2.86. The Labute approximate surface area is 119 Å². The van der Waals surface area contributed by atoms with Crippen molar-refractivity contribution < 1.29 is 14.6 Å². The minimum absolute atomic E-state index is 0.205. The van der Waals surface area contributed by atoms with Gasteiger partial charge in [-0.15, -0.1) is 0 Å². The van der Waals surface area contributed by atoms with Gasteiger partial charge in [0.2, 0.25) is 0 Å². The number of rotatable bonds is 5. The van der Waals surface area contributed by atoms with E-state index in [4.69, 9.17) is 9.84 Å². The van der Waals surface area contributed by atoms with Crippen LogP contribution in [-0.4, -0.2) is 41.3 Å². The molecule has 1 aliphatic heterocycles. The number of nitrogens with zero attached hydrogens (tertiary/aromatic N) is 1. The molecule has 1 N–H and O–H groups in total. The Bertz CT molecular complexity index is 520. The maximum Gasteiger partial charge on any atom is 0.329 e. The molecule has 0 atom stereocenters. The number of hydrogen-bond acceptors (Lipinski definition) is 3. The molecule has 108 valence electrons. The molecule has 4 heteroatoms. The molecule has 0 saturated carbocycles. The van der Waals surface area contributed by atoms with Crippen LogP contribution in [0.4, 0.5) is 0 Å². The first-order valence-corrected chi connectivity index (χ1v) is 7.23. The number of fused-ring (bicyclic) bond motifs is 1. The van der Waals surface area contributed by atoms with Crippen LogP contribution < -0.4 is 0 Å². The normalized spacial score (nSPS) is 20.4. The maximum absolute atomic E-state index is 10.5. The van der Waals surface area contributed by atoms with Gasteiger partial charge in [-0.2, -0.15) is 0 Å². The topological polar surface area (TPSA) is 49.8 Å². The highest BCUT2D eigenvalue weighted by atomic mass is 16.5. The fourth-order valence-electron chi connectivity index (χ4n) is 3.32. The van der Waals surface area contributed by atoms with Crippen molar-refractivity contribution in [1.29, 1.82) is 0 Å². The highest BCUT2D eigenvalue weighted by Gasteiger charge is 2.39. The number of likely N-dealkylation sites (tertiary alicyclic amines) is 1. The molecule has 1 aliphatic carbocycles. The first-order chi connectivity index (χ1) is 9.54. The number of carbonyl (C=O) groups is 1. The number of aliphatic carboxylic acids is 1. The minimum atomic E-state index is -0.900. The van der Waals surface area contributed by atoms with Crippen LogP contribution in [0.25, 0.3) is 0 Å². The Hall–Kier alpha value is -1.39. The first kappa shape index (κ1) is 13.6. The van der Waals surface area contributed by atoms with E-state index in [0.29, 0.717) is 0 Å². The predicted octanol–water partition coefficient (Wildman–Crippen LogP) is 1.85. The molecule has 3 rings (SSSR count). The molecule has 1 fully saturated rings. The Kier molecular flexibility index (Phi) is 3.52. The van der Waals surface area contributed by atoms with Crippen LogP contribution >= 0.6 is 0 Å². The fraction of sp³-hybridized carbons (Fsp3) is 0.562. The molecule has 0 aromatic heterocycles. The molecule has 1 aromatic rings. The van der Waals surface area contributed by atoms with Gasteiger partial charge >= 0.3 is 5.97 Å². The SMILES string of the molecule is CC1(OCC(=O)O)CN(Cc2ccc3c(c2)CCC3)C1. The highest BCUT2D eigenvalue weighted by molar-refractivity contribution is 5.68. The third-order valence-corrected chi connectivity index (χ3v) is 4.23. The molecular formula is C16H21NO3. The Morgan fingerprint density at radius 1 is 1.35 bits per heavy atom. The van der Waals surface area contributed by atoms with Gasteiger partial charge in [-0.05, 0) is 42.9 Å². The third-order valence-electron chi connectivity index (χ3n) is 4.23. The molecule has 2 aliphatic rings. The van der Waals surface area contributed by atoms with Crippen molar-refractivity contribution in [2.24, 2.45) is 0 Å². The minimum Gasteiger partial charge on any atom is -0.480 e. The van der Waals surface area contributed by atoms with E-state index in [1.165, 1.54) is 36.0 Å². The van der Waals surface area contributed by atoms with Gasteiger partial charge in [0.1, 0.15) is 6.61 Å². The lowest BCUT2D eigenvalue weighted by molar-refractivity contribution is -0.165. The summed E-state index contributed by atoms with van der Waals surface area (Å²) in [6, 6.07) is 6.81. The lowest BCUT2D eigenvalue weighted by atomic mass is 9.95. The number of carboxylic acid groups (broad SMARTS) is 1. The Balaban J connectivity index is 1.52. The molecule has 0 radical (unpaired) electrons. The van der Waals surface area contributed by atoms with Crippen molar-refractivity contribution in [3.05, 3.63) is 34.9 Å². The summed E-state index contributed by atoms with van der Waals surface area (Å²) < 4.78 is 5.43. The average molecular weight is 275 g/mol. The van der Waals surface area contributed by atoms with Crippen LogP contribution in [0.1, 0.15) is 30.0 Å². The summed E-state index contributed by atoms with van der Waals surface area (Å²) in [7, 11) is 0. The zero-order valence-corrected chi connectivity index (χ0v) is 11.9. The first-order valence-electron chi connectivity index (χ1n) is 7.23. The van der Waals surface area contributed by atoms with Crippen molar-refractivity contribution >= 4 is 5.97 Å². The molecular weight excluding hydrogens is 254 g/mol. The molecule has 1 aromatic carbocycles. The molecule has 20 heavy (non-hydrogen) atoms. The van der Waals surface area contributed by atoms with Crippen molar-refractivity contribution in [2.75, 3.05) is 19.7 Å². The van der Waals surface area contributed by atoms with Gasteiger partial charge in [0, 0.05) is 19.6 Å². The van der Waals surface area contributed by atoms with Gasteiger partial charge < -0.3 is 9.84 Å². The molecule has 0 amide bonds. The van der Waals surface area contributed by atoms with E-state index in [0.717, 1.165) is 19.6 Å². The molecule has 4 nitrogen and oxygen atoms in total. The van der Waals surface area contributed by atoms with Crippen molar-refractivity contribution in [3.8, 4) is 0 Å². The summed E-state index contributed by atoms with van der Waals surface area (Å²) in [4.78, 5) is 12.8. The monoisotopic (exact) mass is 275 g/mol. The van der Waals surface area contributed by atoms with Gasteiger partial charge in [0.05, 0.1) is 5.60 Å². The largest absolute Gasteiger partial charge is 0.480 e. The lowest BCUT2D eigenvalue weighted by Gasteiger charge is -2.47. The Morgan fingerprint density at radius 3 is 2.85 bits per heavy atom. The van der Waals surface area contributed by atoms with E-state index < -0.39 is 5.97 Å². The van der Waals surface area contributed by atoms with Crippen molar-refractivity contribution in [1.82, 2.24) is 4.90 Å². The molecule has 0 bridgehead atoms. The average Bonchev–Trinajstić information content (AvgIpc) is 2.82. The van der Waals surface area contributed by atoms with E-state index in [2.05, 4.69) is 23.1 Å². The number of carboxylic acids is 1. The smallest absolute Gasteiger partial charge is 0.329 e. The summed E-state index contributed by atoms with van der Waals surface area (Å²) in [6.45, 7) is 4.31. The second-order valence-electron chi connectivity index (χ2n) is 6.23. The van der Waals surface area contributed by atoms with Crippen LogP contribution in [0, 0.1) is 0 Å². The van der Waals surface area contributed by atoms with Gasteiger partial charge in [0.15, 0.2) is 0 Å². The van der Waals surface area contributed by atoms with E-state index in [1.54, 1.807) is 0 Å². The number of aryl methyl sites for hydroxylation is 2. The molecule has 1 saturated heterocycles. The standard InChI is InChI=1S/C16H21NO3/c1-16(20-9-15(18)19)10-17(11-16)8-12-5-6-13-3-2-4-14(13)7-12/h5-7H,2-4,8-11H2,1H3,(H,18,19). The molecule has 1 heterocycles. The summed E-state index contributed by atoms with van der Waals surface area (Å²) in [6.07, 6.45) is 3.71. The van der Waals surface area contributed by atoms with Gasteiger partial charge in [-0.1, -0.05) is 18.2 Å². The van der Waals surface area contributed by atoms with E-state index >= 15 is 0 Å². The Morgan fingerprint density at radius 2 is 2.10 bits per heavy atom. The summed E-state index contributed by atoms with van der Waals surface area (Å²) in [5.74, 6) is -0.900. The van der Waals surface area contributed by atoms with Gasteiger partial charge in [0.25, 0.3) is 0 Å². The number of hydrogen-bond donors (Lipinski definition) is 1. The second-order valence-corrected chi connectivity index (χ2v) is 6.23. The van der Waals surface area contributed by atoms with Crippen LogP contribution in [0.2, 0.25) is 0 Å². The number of ether oxygens (including phenoxy) is 1. The molecule has 0 unspecified atom stereocenters. The fourth-order valence-corrected chi connectivity index (χ4v) is 3.32. The predicted molar refractivity (Wildman–Crippen MR) is 75.7 cm³/mol. The van der Waals surface area contributed by atoms with Gasteiger partial charge in [-0.3, -0.25) is 4.90 Å². The summed E-state index contributed by atoms with van der Waals surface area (Å²) in [5.41, 5.74) is 4.07. The van der Waals surface area contributed by atoms with Crippen molar-refractivity contribution in [2.45, 2.75) is 38.3 Å². The van der Waals surface area contributed by atoms with Crippen LogP contribution in [0.5, 0.6) is 0 Å². The second kappa shape index (κ2) is 5.19. The van der Waals surface area contributed by atoms with Crippen LogP contribution in [-0.2, 0) is 28.9 Å². The number of benzene rings is 1. The zero-order chi connectivity index (χ0) is 14.2. The van der Waals surface area contributed by atoms with E-state index in [1.807, 2.05) is 6.92 Å².